The number of nitrogens with zero attached hydrogens (tertiary/aromatic N) is 1. The average Bonchev–Trinajstić information content (AvgIpc) is 2.35. The summed E-state index contributed by atoms with van der Waals surface area (Å²) in [6, 6.07) is 6.13. The number of hydrogen-bond acceptors (Lipinski definition) is 2. The van der Waals surface area contributed by atoms with Crippen LogP contribution in [0.5, 0.6) is 0 Å². The number of carbonyl (C=O) groups is 2. The predicted molar refractivity (Wildman–Crippen MR) is 72.9 cm³/mol. The molecule has 0 unspecified atom stereocenters. The molecule has 0 aliphatic carbocycles. The van der Waals surface area contributed by atoms with Gasteiger partial charge in [-0.25, -0.2) is 4.79 Å². The zero-order valence-corrected chi connectivity index (χ0v) is 10.9. The first-order chi connectivity index (χ1) is 8.93. The molecule has 0 saturated heterocycles. The highest BCUT2D eigenvalue weighted by atomic mass is 16.4. The quantitative estimate of drug-likeness (QED) is 0.813. The molecule has 5 heteroatoms. The molecule has 0 aliphatic heterocycles. The van der Waals surface area contributed by atoms with E-state index in [0.717, 1.165) is 0 Å². The van der Waals surface area contributed by atoms with Crippen molar-refractivity contribution in [2.45, 2.75) is 19.9 Å². The zero-order valence-electron chi connectivity index (χ0n) is 10.9. The van der Waals surface area contributed by atoms with Crippen LogP contribution in [0.3, 0.4) is 0 Å². The Balaban J connectivity index is 2.81. The van der Waals surface area contributed by atoms with E-state index in [9.17, 15) is 9.59 Å². The summed E-state index contributed by atoms with van der Waals surface area (Å²) in [5.41, 5.74) is 1.18. The van der Waals surface area contributed by atoms with Gasteiger partial charge in [-0.15, -0.1) is 6.42 Å². The predicted octanol–water partition coefficient (Wildman–Crippen LogP) is 1.99. The standard InChI is InChI=1S/C14H16N2O3/c1-4-11-6-5-7-12(8-11)15-14(19)16(10(2)3)9-13(17)18/h1,5-8,10H,9H2,2-3H3,(H,15,19)(H,17,18). The highest BCUT2D eigenvalue weighted by molar-refractivity contribution is 5.91. The van der Waals surface area contributed by atoms with Crippen molar-refractivity contribution in [3.8, 4) is 12.3 Å². The fourth-order valence-corrected chi connectivity index (χ4v) is 1.52. The van der Waals surface area contributed by atoms with Gasteiger partial charge in [0.25, 0.3) is 0 Å². The summed E-state index contributed by atoms with van der Waals surface area (Å²) in [7, 11) is 0. The lowest BCUT2D eigenvalue weighted by Crippen LogP contribution is -2.43. The Morgan fingerprint density at radius 1 is 1.47 bits per heavy atom. The van der Waals surface area contributed by atoms with Gasteiger partial charge in [-0.05, 0) is 32.0 Å². The van der Waals surface area contributed by atoms with Crippen LogP contribution in [0.25, 0.3) is 0 Å². The highest BCUT2D eigenvalue weighted by Crippen LogP contribution is 2.11. The fraction of sp³-hybridized carbons (Fsp3) is 0.286. The first kappa shape index (κ1) is 14.6. The number of carbonyl (C=O) groups excluding carboxylic acids is 1. The second-order valence-corrected chi connectivity index (χ2v) is 4.27. The van der Waals surface area contributed by atoms with Crippen molar-refractivity contribution in [1.82, 2.24) is 4.90 Å². The van der Waals surface area contributed by atoms with E-state index in [1.54, 1.807) is 38.1 Å². The molecule has 0 heterocycles. The van der Waals surface area contributed by atoms with Crippen molar-refractivity contribution >= 4 is 17.7 Å². The third-order valence-electron chi connectivity index (χ3n) is 2.47. The van der Waals surface area contributed by atoms with E-state index in [2.05, 4.69) is 11.2 Å². The molecule has 2 amide bonds. The zero-order chi connectivity index (χ0) is 14.4. The molecule has 19 heavy (non-hydrogen) atoms. The number of urea groups is 1. The number of terminal acetylenes is 1. The highest BCUT2D eigenvalue weighted by Gasteiger charge is 2.19. The van der Waals surface area contributed by atoms with Gasteiger partial charge in [0.15, 0.2) is 0 Å². The van der Waals surface area contributed by atoms with Crippen molar-refractivity contribution in [2.24, 2.45) is 0 Å². The van der Waals surface area contributed by atoms with Crippen molar-refractivity contribution in [1.29, 1.82) is 0 Å². The van der Waals surface area contributed by atoms with Crippen LogP contribution in [0.2, 0.25) is 0 Å². The van der Waals surface area contributed by atoms with E-state index in [1.165, 1.54) is 4.90 Å². The van der Waals surface area contributed by atoms with Crippen LogP contribution in [0.15, 0.2) is 24.3 Å². The molecule has 0 aliphatic rings. The number of aliphatic carboxylic acids is 1. The summed E-state index contributed by atoms with van der Waals surface area (Å²) in [5, 5.41) is 11.4. The Kier molecular flexibility index (Phi) is 4.95. The molecular weight excluding hydrogens is 244 g/mol. The first-order valence-corrected chi connectivity index (χ1v) is 5.80. The van der Waals surface area contributed by atoms with E-state index < -0.39 is 12.0 Å². The Labute approximate surface area is 112 Å². The molecule has 100 valence electrons. The number of amides is 2. The molecule has 0 saturated carbocycles. The largest absolute Gasteiger partial charge is 0.480 e. The summed E-state index contributed by atoms with van der Waals surface area (Å²) >= 11 is 0. The van der Waals surface area contributed by atoms with E-state index in [1.807, 2.05) is 0 Å². The lowest BCUT2D eigenvalue weighted by Gasteiger charge is -2.25. The normalized spacial score (nSPS) is 9.79. The first-order valence-electron chi connectivity index (χ1n) is 5.80. The Morgan fingerprint density at radius 2 is 2.16 bits per heavy atom. The minimum atomic E-state index is -1.05. The van der Waals surface area contributed by atoms with Gasteiger partial charge in [-0.1, -0.05) is 12.0 Å². The second kappa shape index (κ2) is 6.45. The summed E-state index contributed by atoms with van der Waals surface area (Å²) in [6.45, 7) is 3.15. The molecule has 1 rings (SSSR count). The van der Waals surface area contributed by atoms with Gasteiger partial charge in [0.2, 0.25) is 0 Å². The molecule has 0 fully saturated rings. The molecule has 0 aromatic heterocycles. The minimum absolute atomic E-state index is 0.216. The van der Waals surface area contributed by atoms with Crippen LogP contribution in [-0.2, 0) is 4.79 Å². The number of benzene rings is 1. The molecule has 0 bridgehead atoms. The lowest BCUT2D eigenvalue weighted by atomic mass is 10.2. The number of rotatable bonds is 4. The monoisotopic (exact) mass is 260 g/mol. The molecule has 5 nitrogen and oxygen atoms in total. The number of nitrogens with one attached hydrogen (secondary N) is 1. The lowest BCUT2D eigenvalue weighted by molar-refractivity contribution is -0.137. The number of carboxylic acid groups (broad SMARTS) is 1. The van der Waals surface area contributed by atoms with Crippen LogP contribution in [0.1, 0.15) is 19.4 Å². The molecule has 0 radical (unpaired) electrons. The van der Waals surface area contributed by atoms with Crippen LogP contribution in [0, 0.1) is 12.3 Å². The summed E-state index contributed by atoms with van der Waals surface area (Å²) in [5.74, 6) is 1.41. The van der Waals surface area contributed by atoms with Gasteiger partial charge in [-0.3, -0.25) is 4.79 Å². The maximum atomic E-state index is 12.0. The Bertz CT molecular complexity index is 518. The second-order valence-electron chi connectivity index (χ2n) is 4.27. The van der Waals surface area contributed by atoms with Crippen molar-refractivity contribution < 1.29 is 14.7 Å². The topological polar surface area (TPSA) is 69.6 Å². The summed E-state index contributed by atoms with van der Waals surface area (Å²) < 4.78 is 0. The number of carboxylic acids is 1. The minimum Gasteiger partial charge on any atom is -0.480 e. The SMILES string of the molecule is C#Cc1cccc(NC(=O)N(CC(=O)O)C(C)C)c1. The van der Waals surface area contributed by atoms with Crippen LogP contribution in [-0.4, -0.2) is 34.6 Å². The molecule has 2 N–H and O–H groups in total. The fourth-order valence-electron chi connectivity index (χ4n) is 1.52. The Hall–Kier alpha value is -2.48. The maximum absolute atomic E-state index is 12.0. The van der Waals surface area contributed by atoms with E-state index in [4.69, 9.17) is 11.5 Å². The number of hydrogen-bond donors (Lipinski definition) is 2. The average molecular weight is 260 g/mol. The van der Waals surface area contributed by atoms with E-state index in [0.29, 0.717) is 11.3 Å². The van der Waals surface area contributed by atoms with Crippen LogP contribution >= 0.6 is 0 Å². The van der Waals surface area contributed by atoms with Crippen molar-refractivity contribution in [2.75, 3.05) is 11.9 Å². The third kappa shape index (κ3) is 4.36. The van der Waals surface area contributed by atoms with E-state index in [-0.39, 0.29) is 12.6 Å². The van der Waals surface area contributed by atoms with Crippen LogP contribution < -0.4 is 5.32 Å². The summed E-state index contributed by atoms with van der Waals surface area (Å²) in [6.07, 6.45) is 5.27. The van der Waals surface area contributed by atoms with Crippen molar-refractivity contribution in [3.63, 3.8) is 0 Å². The molecule has 0 atom stereocenters. The molecule has 1 aromatic rings. The molecule has 1 aromatic carbocycles. The van der Waals surface area contributed by atoms with E-state index >= 15 is 0 Å². The molecular formula is C14H16N2O3. The van der Waals surface area contributed by atoms with Crippen LogP contribution in [0.4, 0.5) is 10.5 Å². The maximum Gasteiger partial charge on any atom is 0.323 e. The molecule has 0 spiro atoms. The van der Waals surface area contributed by atoms with Gasteiger partial charge in [-0.2, -0.15) is 0 Å². The third-order valence-corrected chi connectivity index (χ3v) is 2.47. The summed E-state index contributed by atoms with van der Waals surface area (Å²) in [4.78, 5) is 23.9. The smallest absolute Gasteiger partial charge is 0.323 e. The Morgan fingerprint density at radius 3 is 2.68 bits per heavy atom. The van der Waals surface area contributed by atoms with Gasteiger partial charge < -0.3 is 15.3 Å². The van der Waals surface area contributed by atoms with Gasteiger partial charge in [0.1, 0.15) is 6.54 Å². The van der Waals surface area contributed by atoms with Crippen molar-refractivity contribution in [3.05, 3.63) is 29.8 Å². The van der Waals surface area contributed by atoms with Gasteiger partial charge in [0, 0.05) is 17.3 Å². The van der Waals surface area contributed by atoms with Gasteiger partial charge >= 0.3 is 12.0 Å². The number of anilines is 1. The van der Waals surface area contributed by atoms with Gasteiger partial charge in [0.05, 0.1) is 0 Å².